The number of nitrogens with one attached hydrogen (secondary N) is 1. The number of hydrogen-bond acceptors (Lipinski definition) is 7. The van der Waals surface area contributed by atoms with Crippen molar-refractivity contribution in [3.63, 3.8) is 0 Å². The van der Waals surface area contributed by atoms with Crippen molar-refractivity contribution in [1.82, 2.24) is 4.72 Å². The summed E-state index contributed by atoms with van der Waals surface area (Å²) in [5, 5.41) is 9.34. The van der Waals surface area contributed by atoms with Crippen LogP contribution in [0.2, 0.25) is 5.02 Å². The Kier molecular flexibility index (Phi) is 8.28. The monoisotopic (exact) mass is 588 g/mol. The Bertz CT molecular complexity index is 1460. The van der Waals surface area contributed by atoms with E-state index in [0.717, 1.165) is 23.5 Å². The summed E-state index contributed by atoms with van der Waals surface area (Å²) < 4.78 is 89.3. The molecule has 3 rings (SSSR count). The topological polar surface area (TPSA) is 126 Å². The molecule has 35 heavy (non-hydrogen) atoms. The van der Waals surface area contributed by atoms with E-state index < -0.39 is 47.0 Å². The number of fused-ring (bicyclic) bond motifs is 1. The van der Waals surface area contributed by atoms with Gasteiger partial charge in [0, 0.05) is 10.1 Å². The highest BCUT2D eigenvalue weighted by atomic mass is 35.5. The maximum Gasteiger partial charge on any atom is 0.417 e. The Morgan fingerprint density at radius 1 is 1.23 bits per heavy atom. The van der Waals surface area contributed by atoms with Gasteiger partial charge in [-0.1, -0.05) is 11.6 Å². The molecule has 0 radical (unpaired) electrons. The number of alkyl halides is 4. The van der Waals surface area contributed by atoms with Gasteiger partial charge in [-0.15, -0.1) is 22.9 Å². The van der Waals surface area contributed by atoms with Gasteiger partial charge in [-0.2, -0.15) is 23.2 Å². The Labute approximate surface area is 211 Å². The highest BCUT2D eigenvalue weighted by Crippen LogP contribution is 2.44. The molecule has 1 atom stereocenters. The number of hydrogen-bond donors (Lipinski definition) is 2. The number of rotatable bonds is 9. The average molecular weight is 589 g/mol. The molecule has 0 bridgehead atoms. The maximum atomic E-state index is 13.1. The lowest BCUT2D eigenvalue weighted by Crippen LogP contribution is -2.25. The lowest BCUT2D eigenvalue weighted by Gasteiger charge is -2.16. The molecule has 0 aliphatic heterocycles. The summed E-state index contributed by atoms with van der Waals surface area (Å²) in [4.78, 5) is 10.0. The molecule has 3 aromatic rings. The molecule has 0 saturated carbocycles. The first-order valence-corrected chi connectivity index (χ1v) is 14.3. The molecule has 188 valence electrons. The first-order valence-electron chi connectivity index (χ1n) is 9.30. The fraction of sp³-hybridized carbons (Fsp3) is 0.211. The zero-order valence-corrected chi connectivity index (χ0v) is 21.2. The van der Waals surface area contributed by atoms with E-state index in [4.69, 9.17) is 37.7 Å². The van der Waals surface area contributed by atoms with Crippen LogP contribution in [0.3, 0.4) is 0 Å². The second-order valence-electron chi connectivity index (χ2n) is 6.74. The molecule has 0 fully saturated rings. The van der Waals surface area contributed by atoms with E-state index in [1.165, 1.54) is 12.1 Å². The summed E-state index contributed by atoms with van der Waals surface area (Å²) in [6, 6.07) is 7.78. The first kappa shape index (κ1) is 27.5. The van der Waals surface area contributed by atoms with Crippen LogP contribution in [-0.4, -0.2) is 32.1 Å². The smallest absolute Gasteiger partial charge is 0.417 e. The van der Waals surface area contributed by atoms with Gasteiger partial charge in [0.2, 0.25) is 0 Å². The van der Waals surface area contributed by atoms with Gasteiger partial charge in [0.05, 0.1) is 28.1 Å². The number of sulfonamides is 1. The van der Waals surface area contributed by atoms with E-state index in [1.54, 1.807) is 12.1 Å². The minimum Gasteiger partial charge on any atom is -0.491 e. The summed E-state index contributed by atoms with van der Waals surface area (Å²) in [5.74, 6) is -0.159. The van der Waals surface area contributed by atoms with Gasteiger partial charge in [0.25, 0.3) is 10.0 Å². The third kappa shape index (κ3) is 6.59. The highest BCUT2D eigenvalue weighted by molar-refractivity contribution is 7.92. The molecule has 8 nitrogen and oxygen atoms in total. The van der Waals surface area contributed by atoms with Crippen LogP contribution in [0.5, 0.6) is 11.5 Å². The van der Waals surface area contributed by atoms with E-state index in [1.807, 2.05) is 4.72 Å². The van der Waals surface area contributed by atoms with Gasteiger partial charge in [-0.3, -0.25) is 0 Å². The van der Waals surface area contributed by atoms with Crippen molar-refractivity contribution in [2.24, 2.45) is 0 Å². The van der Waals surface area contributed by atoms with Gasteiger partial charge in [-0.25, -0.2) is 13.0 Å². The summed E-state index contributed by atoms with van der Waals surface area (Å²) in [6.45, 7) is 0.180. The molecule has 0 saturated heterocycles. The number of ether oxygens (including phenoxy) is 1. The average Bonchev–Trinajstić information content (AvgIpc) is 3.23. The molecule has 16 heteroatoms. The van der Waals surface area contributed by atoms with Crippen LogP contribution < -0.4 is 14.0 Å². The fourth-order valence-corrected chi connectivity index (χ4v) is 7.12. The van der Waals surface area contributed by atoms with Crippen LogP contribution >= 0.6 is 42.1 Å². The van der Waals surface area contributed by atoms with Crippen LogP contribution in [0.15, 0.2) is 40.6 Å². The predicted octanol–water partition coefficient (Wildman–Crippen LogP) is 5.56. The van der Waals surface area contributed by atoms with E-state index in [0.29, 0.717) is 21.9 Å². The van der Waals surface area contributed by atoms with E-state index >= 15 is 0 Å². The largest absolute Gasteiger partial charge is 0.491 e. The molecule has 0 aliphatic carbocycles. The molecule has 2 N–H and O–H groups in total. The number of nitriles is 1. The minimum atomic E-state index is -4.91. The molecule has 1 aromatic heterocycles. The zero-order chi connectivity index (χ0) is 26.0. The number of benzene rings is 2. The van der Waals surface area contributed by atoms with E-state index in [2.05, 4.69) is 0 Å². The number of nitrogens with zero attached hydrogens (tertiary/aromatic N) is 1. The van der Waals surface area contributed by atoms with Crippen molar-refractivity contribution < 1.29 is 40.3 Å². The van der Waals surface area contributed by atoms with Gasteiger partial charge in [0.1, 0.15) is 28.6 Å². The van der Waals surface area contributed by atoms with Gasteiger partial charge in [0.15, 0.2) is 0 Å². The standard InChI is InChI=1S/C19H14Cl2F3N2O6PS2/c20-5-6-31-15-3-4-16-13(18(15)21)8-17(34-16)35(29,30)26-10-33(27,28)32-12-2-1-11(9-25)14(7-12)19(22,23)24/h1-4,7-8,26H,5-6,10H2,(H,27,28). The Morgan fingerprint density at radius 2 is 1.94 bits per heavy atom. The molecule has 0 aliphatic rings. The first-order chi connectivity index (χ1) is 16.3. The van der Waals surface area contributed by atoms with Crippen LogP contribution in [0.1, 0.15) is 11.1 Å². The maximum absolute atomic E-state index is 13.1. The zero-order valence-electron chi connectivity index (χ0n) is 17.2. The summed E-state index contributed by atoms with van der Waals surface area (Å²) in [5.41, 5.74) is -2.08. The van der Waals surface area contributed by atoms with Crippen molar-refractivity contribution in [1.29, 1.82) is 5.26 Å². The highest BCUT2D eigenvalue weighted by Gasteiger charge is 2.35. The Morgan fingerprint density at radius 3 is 2.57 bits per heavy atom. The second kappa shape index (κ2) is 10.5. The minimum absolute atomic E-state index is 0.155. The third-order valence-corrected chi connectivity index (χ3v) is 9.08. The normalized spacial score (nSPS) is 13.9. The third-order valence-electron chi connectivity index (χ3n) is 4.30. The molecule has 1 unspecified atom stereocenters. The molecule has 2 aromatic carbocycles. The molecule has 0 amide bonds. The molecule has 1 heterocycles. The molecular weight excluding hydrogens is 575 g/mol. The number of thiophene rings is 1. The Hall–Kier alpha value is -2.04. The summed E-state index contributed by atoms with van der Waals surface area (Å²) in [6.07, 6.45) is -6.05. The van der Waals surface area contributed by atoms with Crippen LogP contribution in [0, 0.1) is 11.3 Å². The SMILES string of the molecule is N#Cc1ccc(OP(=O)(O)CNS(=O)(=O)c2cc3c(Cl)c(OCCCl)ccc3s2)cc1C(F)(F)F. The Balaban J connectivity index is 1.78. The molecular formula is C19H14Cl2F3N2O6PS2. The lowest BCUT2D eigenvalue weighted by molar-refractivity contribution is -0.137. The predicted molar refractivity (Wildman–Crippen MR) is 125 cm³/mol. The van der Waals surface area contributed by atoms with E-state index in [9.17, 15) is 31.0 Å². The van der Waals surface area contributed by atoms with Crippen molar-refractivity contribution in [2.75, 3.05) is 18.8 Å². The van der Waals surface area contributed by atoms with Gasteiger partial charge in [-0.05, 0) is 36.4 Å². The van der Waals surface area contributed by atoms with Crippen molar-refractivity contribution >= 4 is 62.2 Å². The van der Waals surface area contributed by atoms with Gasteiger partial charge >= 0.3 is 13.8 Å². The summed E-state index contributed by atoms with van der Waals surface area (Å²) in [7, 11) is -9.11. The van der Waals surface area contributed by atoms with Crippen molar-refractivity contribution in [3.8, 4) is 17.6 Å². The van der Waals surface area contributed by atoms with Crippen LogP contribution in [0.25, 0.3) is 10.1 Å². The number of halogens is 5. The second-order valence-corrected chi connectivity index (χ2v) is 12.4. The quantitative estimate of drug-likeness (QED) is 0.247. The van der Waals surface area contributed by atoms with Crippen LogP contribution in [0.4, 0.5) is 13.2 Å². The summed E-state index contributed by atoms with van der Waals surface area (Å²) >= 11 is 12.7. The molecule has 0 spiro atoms. The van der Waals surface area contributed by atoms with Gasteiger partial charge < -0.3 is 14.2 Å². The van der Waals surface area contributed by atoms with Crippen molar-refractivity contribution in [3.05, 3.63) is 52.5 Å². The lowest BCUT2D eigenvalue weighted by atomic mass is 10.1. The van der Waals surface area contributed by atoms with E-state index in [-0.39, 0.29) is 21.7 Å². The van der Waals surface area contributed by atoms with Crippen LogP contribution in [-0.2, 0) is 20.8 Å². The fourth-order valence-electron chi connectivity index (χ4n) is 2.77. The van der Waals surface area contributed by atoms with Crippen molar-refractivity contribution in [2.45, 2.75) is 10.4 Å².